The van der Waals surface area contributed by atoms with Crippen LogP contribution in [0.1, 0.15) is 30.0 Å². The Morgan fingerprint density at radius 2 is 2.05 bits per heavy atom. The van der Waals surface area contributed by atoms with Crippen molar-refractivity contribution in [2.45, 2.75) is 31.6 Å². The average molecular weight is 278 g/mol. The van der Waals surface area contributed by atoms with Gasteiger partial charge in [-0.05, 0) is 24.0 Å². The third kappa shape index (κ3) is 3.79. The van der Waals surface area contributed by atoms with E-state index in [0.717, 1.165) is 25.9 Å². The third-order valence-electron chi connectivity index (χ3n) is 4.12. The monoisotopic (exact) mass is 278 g/mol. The number of hydrogen-bond acceptors (Lipinski definition) is 4. The lowest BCUT2D eigenvalue weighted by atomic mass is 9.99. The molecule has 2 rings (SSSR count). The number of rotatable bonds is 6. The average Bonchev–Trinajstić information content (AvgIpc) is 2.49. The highest BCUT2D eigenvalue weighted by atomic mass is 16.5. The first kappa shape index (κ1) is 15.4. The number of likely N-dealkylation sites (tertiary alicyclic amines) is 1. The fourth-order valence-corrected chi connectivity index (χ4v) is 2.98. The van der Waals surface area contributed by atoms with Gasteiger partial charge in [0, 0.05) is 39.9 Å². The normalized spacial score (nSPS) is 19.1. The van der Waals surface area contributed by atoms with Crippen LogP contribution in [0.4, 0.5) is 0 Å². The van der Waals surface area contributed by atoms with E-state index in [1.54, 1.807) is 14.2 Å². The molecule has 0 aromatic heterocycles. The highest BCUT2D eigenvalue weighted by Crippen LogP contribution is 2.25. The molecule has 1 aromatic rings. The Balaban J connectivity index is 2.06. The summed E-state index contributed by atoms with van der Waals surface area (Å²) in [6.07, 6.45) is 2.58. The molecule has 1 atom stereocenters. The van der Waals surface area contributed by atoms with E-state index in [-0.39, 0.29) is 0 Å². The molecular formula is C16H26N2O2. The van der Waals surface area contributed by atoms with Crippen molar-refractivity contribution in [3.05, 3.63) is 35.4 Å². The summed E-state index contributed by atoms with van der Waals surface area (Å²) in [4.78, 5) is 2.47. The van der Waals surface area contributed by atoms with Gasteiger partial charge in [0.15, 0.2) is 0 Å². The number of methoxy groups -OCH3 is 2. The van der Waals surface area contributed by atoms with Gasteiger partial charge in [0.1, 0.15) is 0 Å². The van der Waals surface area contributed by atoms with E-state index in [9.17, 15) is 0 Å². The second kappa shape index (κ2) is 7.74. The molecule has 1 unspecified atom stereocenters. The number of benzene rings is 1. The molecule has 0 radical (unpaired) electrons. The van der Waals surface area contributed by atoms with Crippen molar-refractivity contribution in [2.24, 2.45) is 5.73 Å². The molecule has 4 heteroatoms. The van der Waals surface area contributed by atoms with Gasteiger partial charge in [0.25, 0.3) is 0 Å². The largest absolute Gasteiger partial charge is 0.381 e. The Morgan fingerprint density at radius 3 is 2.65 bits per heavy atom. The molecule has 0 aliphatic carbocycles. The second-order valence-electron chi connectivity index (χ2n) is 5.40. The molecule has 1 aromatic carbocycles. The number of hydrogen-bond donors (Lipinski definition) is 1. The Hall–Kier alpha value is -0.940. The molecule has 0 bridgehead atoms. The highest BCUT2D eigenvalue weighted by molar-refractivity contribution is 5.26. The van der Waals surface area contributed by atoms with E-state index in [4.69, 9.17) is 15.2 Å². The van der Waals surface area contributed by atoms with E-state index in [1.165, 1.54) is 11.1 Å². The van der Waals surface area contributed by atoms with Crippen LogP contribution in [0.3, 0.4) is 0 Å². The summed E-state index contributed by atoms with van der Waals surface area (Å²) in [5.74, 6) is 0. The maximum absolute atomic E-state index is 6.02. The molecule has 1 fully saturated rings. The van der Waals surface area contributed by atoms with Gasteiger partial charge in [-0.2, -0.15) is 0 Å². The number of piperidine rings is 1. The third-order valence-corrected chi connectivity index (χ3v) is 4.12. The smallest absolute Gasteiger partial charge is 0.0713 e. The maximum atomic E-state index is 6.02. The second-order valence-corrected chi connectivity index (χ2v) is 5.40. The first-order chi connectivity index (χ1) is 9.78. The molecule has 20 heavy (non-hydrogen) atoms. The predicted molar refractivity (Wildman–Crippen MR) is 80.6 cm³/mol. The summed E-state index contributed by atoms with van der Waals surface area (Å²) in [6, 6.07) is 8.86. The van der Waals surface area contributed by atoms with Crippen molar-refractivity contribution in [1.29, 1.82) is 0 Å². The molecule has 1 saturated heterocycles. The molecule has 1 aliphatic heterocycles. The van der Waals surface area contributed by atoms with Crippen LogP contribution in [0.15, 0.2) is 24.3 Å². The van der Waals surface area contributed by atoms with E-state index >= 15 is 0 Å². The van der Waals surface area contributed by atoms with Crippen LogP contribution in [0.2, 0.25) is 0 Å². The van der Waals surface area contributed by atoms with E-state index in [1.807, 2.05) is 0 Å². The SMILES string of the molecule is COCc1cccc(C(CN)N2CCC(OC)CC2)c1. The van der Waals surface area contributed by atoms with Crippen molar-refractivity contribution >= 4 is 0 Å². The maximum Gasteiger partial charge on any atom is 0.0713 e. The minimum Gasteiger partial charge on any atom is -0.381 e. The minimum absolute atomic E-state index is 0.296. The lowest BCUT2D eigenvalue weighted by Gasteiger charge is -2.37. The summed E-state index contributed by atoms with van der Waals surface area (Å²) in [5.41, 5.74) is 8.52. The van der Waals surface area contributed by atoms with Crippen LogP contribution in [0, 0.1) is 0 Å². The van der Waals surface area contributed by atoms with Gasteiger partial charge in [-0.3, -0.25) is 4.90 Å². The zero-order chi connectivity index (χ0) is 14.4. The van der Waals surface area contributed by atoms with Crippen LogP contribution in [0.5, 0.6) is 0 Å². The molecule has 1 aliphatic rings. The summed E-state index contributed by atoms with van der Waals surface area (Å²) >= 11 is 0. The lowest BCUT2D eigenvalue weighted by Crippen LogP contribution is -2.41. The van der Waals surface area contributed by atoms with Crippen molar-refractivity contribution in [3.8, 4) is 0 Å². The van der Waals surface area contributed by atoms with Crippen LogP contribution < -0.4 is 5.73 Å². The summed E-state index contributed by atoms with van der Waals surface area (Å²) < 4.78 is 10.6. The summed E-state index contributed by atoms with van der Waals surface area (Å²) in [5, 5.41) is 0. The molecule has 0 spiro atoms. The van der Waals surface area contributed by atoms with Gasteiger partial charge in [0.2, 0.25) is 0 Å². The Labute approximate surface area is 121 Å². The van der Waals surface area contributed by atoms with E-state index < -0.39 is 0 Å². The Bertz CT molecular complexity index is 403. The van der Waals surface area contributed by atoms with Gasteiger partial charge in [-0.25, -0.2) is 0 Å². The fourth-order valence-electron chi connectivity index (χ4n) is 2.98. The van der Waals surface area contributed by atoms with E-state index in [2.05, 4.69) is 29.2 Å². The lowest BCUT2D eigenvalue weighted by molar-refractivity contribution is 0.0280. The van der Waals surface area contributed by atoms with Crippen LogP contribution in [-0.2, 0) is 16.1 Å². The molecule has 0 saturated carbocycles. The number of ether oxygens (including phenoxy) is 2. The predicted octanol–water partition coefficient (Wildman–Crippen LogP) is 1.94. The molecular weight excluding hydrogens is 252 g/mol. The standard InChI is InChI=1S/C16H26N2O2/c1-19-12-13-4-3-5-14(10-13)16(11-17)18-8-6-15(20-2)7-9-18/h3-5,10,15-16H,6-9,11-12,17H2,1-2H3. The first-order valence-electron chi connectivity index (χ1n) is 7.33. The Morgan fingerprint density at radius 1 is 1.30 bits per heavy atom. The molecule has 4 nitrogen and oxygen atoms in total. The quantitative estimate of drug-likeness (QED) is 0.864. The van der Waals surface area contributed by atoms with Gasteiger partial charge in [-0.15, -0.1) is 0 Å². The van der Waals surface area contributed by atoms with Crippen LogP contribution >= 0.6 is 0 Å². The summed E-state index contributed by atoms with van der Waals surface area (Å²) in [7, 11) is 3.53. The van der Waals surface area contributed by atoms with Crippen molar-refractivity contribution in [1.82, 2.24) is 4.90 Å². The molecule has 0 amide bonds. The van der Waals surface area contributed by atoms with Crippen molar-refractivity contribution in [3.63, 3.8) is 0 Å². The van der Waals surface area contributed by atoms with Crippen molar-refractivity contribution in [2.75, 3.05) is 33.9 Å². The molecule has 1 heterocycles. The van der Waals surface area contributed by atoms with Crippen LogP contribution in [0.25, 0.3) is 0 Å². The topological polar surface area (TPSA) is 47.7 Å². The number of nitrogens with two attached hydrogens (primary N) is 1. The van der Waals surface area contributed by atoms with Gasteiger partial charge >= 0.3 is 0 Å². The van der Waals surface area contributed by atoms with Gasteiger partial charge < -0.3 is 15.2 Å². The first-order valence-corrected chi connectivity index (χ1v) is 7.33. The van der Waals surface area contributed by atoms with Gasteiger partial charge in [-0.1, -0.05) is 24.3 Å². The van der Waals surface area contributed by atoms with Crippen molar-refractivity contribution < 1.29 is 9.47 Å². The van der Waals surface area contributed by atoms with Crippen LogP contribution in [-0.4, -0.2) is 44.9 Å². The van der Waals surface area contributed by atoms with E-state index in [0.29, 0.717) is 25.3 Å². The fraction of sp³-hybridized carbons (Fsp3) is 0.625. The zero-order valence-electron chi connectivity index (χ0n) is 12.5. The Kier molecular flexibility index (Phi) is 5.98. The highest BCUT2D eigenvalue weighted by Gasteiger charge is 2.25. The van der Waals surface area contributed by atoms with Gasteiger partial charge in [0.05, 0.1) is 12.7 Å². The minimum atomic E-state index is 0.296. The molecule has 112 valence electrons. The zero-order valence-corrected chi connectivity index (χ0v) is 12.5. The number of nitrogens with zero attached hydrogens (tertiary/aromatic N) is 1. The summed E-state index contributed by atoms with van der Waals surface area (Å²) in [6.45, 7) is 3.40. The molecule has 2 N–H and O–H groups in total.